The van der Waals surface area contributed by atoms with Crippen LogP contribution in [0, 0.1) is 6.92 Å². The molecule has 0 spiro atoms. The van der Waals surface area contributed by atoms with Crippen molar-refractivity contribution >= 4 is 11.3 Å². The zero-order valence-corrected chi connectivity index (χ0v) is 8.29. The Balaban J connectivity index is 2.08. The topological polar surface area (TPSA) is 12.0 Å². The highest BCUT2D eigenvalue weighted by Gasteiger charge is 2.15. The van der Waals surface area contributed by atoms with E-state index in [1.54, 1.807) is 4.88 Å². The Kier molecular flexibility index (Phi) is 2.47. The minimum absolute atomic E-state index is 0.838. The summed E-state index contributed by atoms with van der Waals surface area (Å²) in [5.41, 5.74) is 1.42. The van der Waals surface area contributed by atoms with Crippen LogP contribution in [0.4, 0.5) is 0 Å². The molecule has 0 bridgehead atoms. The zero-order valence-electron chi connectivity index (χ0n) is 7.47. The number of nitrogens with one attached hydrogen (secondary N) is 1. The van der Waals surface area contributed by atoms with Crippen molar-refractivity contribution in [1.29, 1.82) is 0 Å². The molecule has 1 aromatic heterocycles. The standard InChI is InChI=1S/C10H15NS/c1-8-6-10(12-7-8)9-2-4-11-5-3-9/h6-7,9,11H,2-5H2,1H3. The Morgan fingerprint density at radius 1 is 1.42 bits per heavy atom. The fourth-order valence-electron chi connectivity index (χ4n) is 1.77. The van der Waals surface area contributed by atoms with Gasteiger partial charge in [0.25, 0.3) is 0 Å². The molecule has 0 aliphatic carbocycles. The molecule has 1 saturated heterocycles. The van der Waals surface area contributed by atoms with Crippen LogP contribution in [0.5, 0.6) is 0 Å². The zero-order chi connectivity index (χ0) is 8.39. The van der Waals surface area contributed by atoms with E-state index in [0.29, 0.717) is 0 Å². The number of aryl methyl sites for hydroxylation is 1. The van der Waals surface area contributed by atoms with Crippen molar-refractivity contribution in [2.24, 2.45) is 0 Å². The van der Waals surface area contributed by atoms with Gasteiger partial charge in [-0.2, -0.15) is 0 Å². The SMILES string of the molecule is Cc1csc(C2CCNCC2)c1. The smallest absolute Gasteiger partial charge is 0.00798 e. The molecule has 2 heteroatoms. The van der Waals surface area contributed by atoms with E-state index in [9.17, 15) is 0 Å². The molecule has 1 fully saturated rings. The molecule has 1 N–H and O–H groups in total. The first-order valence-corrected chi connectivity index (χ1v) is 5.50. The van der Waals surface area contributed by atoms with E-state index < -0.39 is 0 Å². The predicted octanol–water partition coefficient (Wildman–Crippen LogP) is 2.52. The van der Waals surface area contributed by atoms with E-state index in [1.807, 2.05) is 11.3 Å². The second-order valence-corrected chi connectivity index (χ2v) is 4.49. The first kappa shape index (κ1) is 8.27. The summed E-state index contributed by atoms with van der Waals surface area (Å²) in [5.74, 6) is 0.838. The molecule has 12 heavy (non-hydrogen) atoms. The van der Waals surface area contributed by atoms with Gasteiger partial charge in [-0.3, -0.25) is 0 Å². The van der Waals surface area contributed by atoms with Gasteiger partial charge in [-0.15, -0.1) is 11.3 Å². The van der Waals surface area contributed by atoms with Crippen LogP contribution in [0.3, 0.4) is 0 Å². The number of hydrogen-bond acceptors (Lipinski definition) is 2. The van der Waals surface area contributed by atoms with Crippen LogP contribution in [0.15, 0.2) is 11.4 Å². The Morgan fingerprint density at radius 2 is 2.17 bits per heavy atom. The third kappa shape index (κ3) is 1.70. The van der Waals surface area contributed by atoms with E-state index in [0.717, 1.165) is 5.92 Å². The van der Waals surface area contributed by atoms with Gasteiger partial charge in [0.1, 0.15) is 0 Å². The fraction of sp³-hybridized carbons (Fsp3) is 0.600. The Labute approximate surface area is 77.8 Å². The van der Waals surface area contributed by atoms with Crippen molar-refractivity contribution < 1.29 is 0 Å². The van der Waals surface area contributed by atoms with E-state index in [-0.39, 0.29) is 0 Å². The summed E-state index contributed by atoms with van der Waals surface area (Å²) in [6.45, 7) is 4.57. The highest BCUT2D eigenvalue weighted by atomic mass is 32.1. The number of thiophene rings is 1. The van der Waals surface area contributed by atoms with Gasteiger partial charge in [-0.25, -0.2) is 0 Å². The average Bonchev–Trinajstić information content (AvgIpc) is 2.54. The van der Waals surface area contributed by atoms with Crippen LogP contribution in [0.25, 0.3) is 0 Å². The minimum atomic E-state index is 0.838. The Hall–Kier alpha value is -0.340. The lowest BCUT2D eigenvalue weighted by Crippen LogP contribution is -2.26. The van der Waals surface area contributed by atoms with Crippen LogP contribution in [0.1, 0.15) is 29.2 Å². The van der Waals surface area contributed by atoms with Gasteiger partial charge in [-0.1, -0.05) is 0 Å². The van der Waals surface area contributed by atoms with Crippen LogP contribution in [-0.4, -0.2) is 13.1 Å². The normalized spacial score (nSPS) is 19.8. The summed E-state index contributed by atoms with van der Waals surface area (Å²) in [6.07, 6.45) is 2.64. The predicted molar refractivity (Wildman–Crippen MR) is 53.9 cm³/mol. The summed E-state index contributed by atoms with van der Waals surface area (Å²) in [4.78, 5) is 1.59. The Bertz CT molecular complexity index is 248. The molecule has 1 aliphatic rings. The molecule has 1 aliphatic heterocycles. The second-order valence-electron chi connectivity index (χ2n) is 3.55. The first-order chi connectivity index (χ1) is 5.86. The largest absolute Gasteiger partial charge is 0.317 e. The lowest BCUT2D eigenvalue weighted by molar-refractivity contribution is 0.465. The van der Waals surface area contributed by atoms with Crippen LogP contribution in [0.2, 0.25) is 0 Å². The van der Waals surface area contributed by atoms with Crippen LogP contribution in [-0.2, 0) is 0 Å². The van der Waals surface area contributed by atoms with E-state index in [2.05, 4.69) is 23.7 Å². The lowest BCUT2D eigenvalue weighted by Gasteiger charge is -2.21. The average molecular weight is 181 g/mol. The van der Waals surface area contributed by atoms with Gasteiger partial charge in [0.2, 0.25) is 0 Å². The fourth-order valence-corrected chi connectivity index (χ4v) is 2.85. The van der Waals surface area contributed by atoms with Crippen LogP contribution >= 0.6 is 11.3 Å². The van der Waals surface area contributed by atoms with Crippen molar-refractivity contribution in [3.05, 3.63) is 21.9 Å². The van der Waals surface area contributed by atoms with Gasteiger partial charge < -0.3 is 5.32 Å². The second kappa shape index (κ2) is 3.58. The molecule has 0 amide bonds. The maximum absolute atomic E-state index is 3.40. The molecule has 2 rings (SSSR count). The molecule has 66 valence electrons. The quantitative estimate of drug-likeness (QED) is 0.702. The summed E-state index contributed by atoms with van der Waals surface area (Å²) in [7, 11) is 0. The van der Waals surface area contributed by atoms with Crippen LogP contribution < -0.4 is 5.32 Å². The molecular formula is C10H15NS. The number of hydrogen-bond donors (Lipinski definition) is 1. The Morgan fingerprint density at radius 3 is 2.75 bits per heavy atom. The maximum Gasteiger partial charge on any atom is 0.00798 e. The highest BCUT2D eigenvalue weighted by Crippen LogP contribution is 2.29. The van der Waals surface area contributed by atoms with Crippen molar-refractivity contribution in [3.8, 4) is 0 Å². The third-order valence-corrected chi connectivity index (χ3v) is 3.71. The molecule has 1 nitrogen and oxygen atoms in total. The number of piperidine rings is 1. The molecule has 0 atom stereocenters. The minimum Gasteiger partial charge on any atom is -0.317 e. The summed E-state index contributed by atoms with van der Waals surface area (Å²) in [6, 6.07) is 2.35. The van der Waals surface area contributed by atoms with Crippen molar-refractivity contribution in [2.75, 3.05) is 13.1 Å². The summed E-state index contributed by atoms with van der Waals surface area (Å²) >= 11 is 1.93. The highest BCUT2D eigenvalue weighted by molar-refractivity contribution is 7.10. The molecule has 0 radical (unpaired) electrons. The van der Waals surface area contributed by atoms with E-state index in [1.165, 1.54) is 31.5 Å². The van der Waals surface area contributed by atoms with Gasteiger partial charge >= 0.3 is 0 Å². The lowest BCUT2D eigenvalue weighted by atomic mass is 9.96. The van der Waals surface area contributed by atoms with Gasteiger partial charge in [0, 0.05) is 4.88 Å². The third-order valence-electron chi connectivity index (χ3n) is 2.49. The van der Waals surface area contributed by atoms with E-state index in [4.69, 9.17) is 0 Å². The van der Waals surface area contributed by atoms with Crippen molar-refractivity contribution in [3.63, 3.8) is 0 Å². The molecule has 2 heterocycles. The van der Waals surface area contributed by atoms with Crippen molar-refractivity contribution in [2.45, 2.75) is 25.7 Å². The molecule has 0 saturated carbocycles. The summed E-state index contributed by atoms with van der Waals surface area (Å²) in [5, 5.41) is 5.66. The molecule has 1 aromatic rings. The van der Waals surface area contributed by atoms with Gasteiger partial charge in [0.05, 0.1) is 0 Å². The van der Waals surface area contributed by atoms with Gasteiger partial charge in [0.15, 0.2) is 0 Å². The van der Waals surface area contributed by atoms with Crippen molar-refractivity contribution in [1.82, 2.24) is 5.32 Å². The molecule has 0 aromatic carbocycles. The van der Waals surface area contributed by atoms with E-state index >= 15 is 0 Å². The van der Waals surface area contributed by atoms with Gasteiger partial charge in [-0.05, 0) is 55.8 Å². The first-order valence-electron chi connectivity index (χ1n) is 4.62. The number of rotatable bonds is 1. The summed E-state index contributed by atoms with van der Waals surface area (Å²) < 4.78 is 0. The molecular weight excluding hydrogens is 166 g/mol. The monoisotopic (exact) mass is 181 g/mol. The maximum atomic E-state index is 3.40. The molecule has 0 unspecified atom stereocenters.